The molecule has 4 nitrogen and oxygen atoms in total. The van der Waals surface area contributed by atoms with Gasteiger partial charge >= 0.3 is 5.97 Å². The van der Waals surface area contributed by atoms with E-state index in [0.29, 0.717) is 0 Å². The zero-order chi connectivity index (χ0) is 10.7. The SMILES string of the molecule is O=C(O)Cc1ccc2c(c1)CNCCN2. The predicted octanol–water partition coefficient (Wildman–Crippen LogP) is 0.829. The molecule has 0 bridgehead atoms. The highest BCUT2D eigenvalue weighted by molar-refractivity contribution is 5.71. The zero-order valence-corrected chi connectivity index (χ0v) is 8.42. The van der Waals surface area contributed by atoms with Crippen molar-refractivity contribution in [3.05, 3.63) is 29.3 Å². The molecular weight excluding hydrogens is 192 g/mol. The second-order valence-corrected chi connectivity index (χ2v) is 3.67. The number of carbonyl (C=O) groups is 1. The standard InChI is InChI=1S/C11H14N2O2/c14-11(15)6-8-1-2-10-9(5-8)7-12-3-4-13-10/h1-2,5,12-13H,3-4,6-7H2,(H,14,15). The maximum absolute atomic E-state index is 10.6. The molecule has 1 aromatic carbocycles. The molecule has 4 heteroatoms. The first-order valence-electron chi connectivity index (χ1n) is 5.04. The Kier molecular flexibility index (Phi) is 2.87. The first-order chi connectivity index (χ1) is 7.25. The van der Waals surface area contributed by atoms with Crippen molar-refractivity contribution in [2.24, 2.45) is 0 Å². The van der Waals surface area contributed by atoms with Crippen molar-refractivity contribution in [3.8, 4) is 0 Å². The lowest BCUT2D eigenvalue weighted by Crippen LogP contribution is -2.16. The average molecular weight is 206 g/mol. The minimum absolute atomic E-state index is 0.0906. The lowest BCUT2D eigenvalue weighted by molar-refractivity contribution is -0.136. The van der Waals surface area contributed by atoms with Crippen LogP contribution >= 0.6 is 0 Å². The highest BCUT2D eigenvalue weighted by Crippen LogP contribution is 2.19. The van der Waals surface area contributed by atoms with Gasteiger partial charge in [-0.05, 0) is 17.2 Å². The van der Waals surface area contributed by atoms with Crippen LogP contribution in [0.3, 0.4) is 0 Å². The molecule has 0 saturated carbocycles. The molecule has 0 aromatic heterocycles. The molecule has 0 radical (unpaired) electrons. The van der Waals surface area contributed by atoms with Crippen molar-refractivity contribution in [2.45, 2.75) is 13.0 Å². The summed E-state index contributed by atoms with van der Waals surface area (Å²) >= 11 is 0. The number of carboxylic acids is 1. The Morgan fingerprint density at radius 3 is 3.07 bits per heavy atom. The van der Waals surface area contributed by atoms with E-state index in [1.165, 1.54) is 0 Å². The van der Waals surface area contributed by atoms with E-state index in [0.717, 1.165) is 36.4 Å². The molecule has 0 fully saturated rings. The van der Waals surface area contributed by atoms with E-state index in [1.54, 1.807) is 0 Å². The van der Waals surface area contributed by atoms with Crippen LogP contribution in [-0.2, 0) is 17.8 Å². The fourth-order valence-electron chi connectivity index (χ4n) is 1.76. The minimum Gasteiger partial charge on any atom is -0.481 e. The lowest BCUT2D eigenvalue weighted by Gasteiger charge is -2.08. The van der Waals surface area contributed by atoms with Gasteiger partial charge in [0.05, 0.1) is 6.42 Å². The second kappa shape index (κ2) is 4.31. The summed E-state index contributed by atoms with van der Waals surface area (Å²) in [6.45, 7) is 2.64. The van der Waals surface area contributed by atoms with Crippen LogP contribution in [0.4, 0.5) is 5.69 Å². The van der Waals surface area contributed by atoms with E-state index >= 15 is 0 Å². The van der Waals surface area contributed by atoms with Gasteiger partial charge in [-0.25, -0.2) is 0 Å². The smallest absolute Gasteiger partial charge is 0.307 e. The number of carboxylic acid groups (broad SMARTS) is 1. The molecule has 0 saturated heterocycles. The summed E-state index contributed by atoms with van der Waals surface area (Å²) in [6.07, 6.45) is 0.0906. The Balaban J connectivity index is 2.23. The number of nitrogens with one attached hydrogen (secondary N) is 2. The van der Waals surface area contributed by atoms with Crippen LogP contribution in [0, 0.1) is 0 Å². The van der Waals surface area contributed by atoms with Crippen molar-refractivity contribution < 1.29 is 9.90 Å². The van der Waals surface area contributed by atoms with Gasteiger partial charge in [0, 0.05) is 25.3 Å². The van der Waals surface area contributed by atoms with Crippen LogP contribution in [0.25, 0.3) is 0 Å². The Labute approximate surface area is 88.3 Å². The first-order valence-corrected chi connectivity index (χ1v) is 5.04. The molecule has 0 unspecified atom stereocenters. The van der Waals surface area contributed by atoms with Crippen LogP contribution < -0.4 is 10.6 Å². The molecule has 2 rings (SSSR count). The van der Waals surface area contributed by atoms with Gasteiger partial charge in [0.2, 0.25) is 0 Å². The van der Waals surface area contributed by atoms with Crippen LogP contribution in [0.1, 0.15) is 11.1 Å². The lowest BCUT2D eigenvalue weighted by atomic mass is 10.1. The van der Waals surface area contributed by atoms with Gasteiger partial charge in [-0.1, -0.05) is 12.1 Å². The number of fused-ring (bicyclic) bond motifs is 1. The van der Waals surface area contributed by atoms with Crippen LogP contribution in [-0.4, -0.2) is 24.2 Å². The topological polar surface area (TPSA) is 61.4 Å². The van der Waals surface area contributed by atoms with Crippen LogP contribution in [0.2, 0.25) is 0 Å². The molecule has 1 aliphatic heterocycles. The molecule has 1 heterocycles. The molecule has 0 amide bonds. The summed E-state index contributed by atoms with van der Waals surface area (Å²) in [7, 11) is 0. The third kappa shape index (κ3) is 2.47. The average Bonchev–Trinajstić information content (AvgIpc) is 2.41. The third-order valence-corrected chi connectivity index (χ3v) is 2.46. The van der Waals surface area contributed by atoms with Crippen molar-refractivity contribution in [1.29, 1.82) is 0 Å². The highest BCUT2D eigenvalue weighted by atomic mass is 16.4. The molecule has 0 aliphatic carbocycles. The van der Waals surface area contributed by atoms with Gasteiger partial charge in [0.15, 0.2) is 0 Å². The predicted molar refractivity (Wildman–Crippen MR) is 58.0 cm³/mol. The summed E-state index contributed by atoms with van der Waals surface area (Å²) in [5.74, 6) is -0.788. The zero-order valence-electron chi connectivity index (χ0n) is 8.42. The summed E-state index contributed by atoms with van der Waals surface area (Å²) in [5.41, 5.74) is 3.10. The van der Waals surface area contributed by atoms with Crippen LogP contribution in [0.15, 0.2) is 18.2 Å². The van der Waals surface area contributed by atoms with E-state index in [4.69, 9.17) is 5.11 Å². The number of hydrogen-bond donors (Lipinski definition) is 3. The molecule has 0 atom stereocenters. The van der Waals surface area contributed by atoms with Gasteiger partial charge in [-0.3, -0.25) is 4.79 Å². The molecular formula is C11H14N2O2. The number of benzene rings is 1. The minimum atomic E-state index is -0.788. The normalized spacial score (nSPS) is 14.9. The van der Waals surface area contributed by atoms with Gasteiger partial charge < -0.3 is 15.7 Å². The first kappa shape index (κ1) is 9.98. The quantitative estimate of drug-likeness (QED) is 0.670. The maximum Gasteiger partial charge on any atom is 0.307 e. The van der Waals surface area contributed by atoms with Gasteiger partial charge in [-0.15, -0.1) is 0 Å². The molecule has 0 spiro atoms. The fraction of sp³-hybridized carbons (Fsp3) is 0.364. The van der Waals surface area contributed by atoms with Gasteiger partial charge in [0.25, 0.3) is 0 Å². The van der Waals surface area contributed by atoms with Crippen molar-refractivity contribution in [3.63, 3.8) is 0 Å². The summed E-state index contributed by atoms with van der Waals surface area (Å²) in [5, 5.41) is 15.3. The van der Waals surface area contributed by atoms with Crippen molar-refractivity contribution >= 4 is 11.7 Å². The van der Waals surface area contributed by atoms with Gasteiger partial charge in [-0.2, -0.15) is 0 Å². The number of aliphatic carboxylic acids is 1. The Morgan fingerprint density at radius 2 is 2.27 bits per heavy atom. The fourth-order valence-corrected chi connectivity index (χ4v) is 1.76. The highest BCUT2D eigenvalue weighted by Gasteiger charge is 2.08. The number of hydrogen-bond acceptors (Lipinski definition) is 3. The third-order valence-electron chi connectivity index (χ3n) is 2.46. The molecule has 80 valence electrons. The Bertz CT molecular complexity index is 377. The van der Waals surface area contributed by atoms with E-state index < -0.39 is 5.97 Å². The number of anilines is 1. The molecule has 1 aliphatic rings. The summed E-state index contributed by atoms with van der Waals surface area (Å²) < 4.78 is 0. The molecule has 3 N–H and O–H groups in total. The van der Waals surface area contributed by atoms with E-state index in [9.17, 15) is 4.79 Å². The van der Waals surface area contributed by atoms with Crippen molar-refractivity contribution in [2.75, 3.05) is 18.4 Å². The summed E-state index contributed by atoms with van der Waals surface area (Å²) in [6, 6.07) is 5.78. The number of rotatable bonds is 2. The maximum atomic E-state index is 10.6. The molecule has 1 aromatic rings. The van der Waals surface area contributed by atoms with Gasteiger partial charge in [0.1, 0.15) is 0 Å². The second-order valence-electron chi connectivity index (χ2n) is 3.67. The largest absolute Gasteiger partial charge is 0.481 e. The van der Waals surface area contributed by atoms with E-state index in [2.05, 4.69) is 10.6 Å². The Morgan fingerprint density at radius 1 is 1.40 bits per heavy atom. The van der Waals surface area contributed by atoms with E-state index in [1.807, 2.05) is 18.2 Å². The monoisotopic (exact) mass is 206 g/mol. The van der Waals surface area contributed by atoms with Crippen LogP contribution in [0.5, 0.6) is 0 Å². The molecule has 15 heavy (non-hydrogen) atoms. The van der Waals surface area contributed by atoms with Crippen molar-refractivity contribution in [1.82, 2.24) is 5.32 Å². The summed E-state index contributed by atoms with van der Waals surface area (Å²) in [4.78, 5) is 10.6. The Hall–Kier alpha value is -1.55. The van der Waals surface area contributed by atoms with E-state index in [-0.39, 0.29) is 6.42 Å².